The maximum absolute atomic E-state index is 12.9. The summed E-state index contributed by atoms with van der Waals surface area (Å²) in [5.74, 6) is 1.55. The molecule has 2 aliphatic carbocycles. The van der Waals surface area contributed by atoms with Crippen molar-refractivity contribution in [2.45, 2.75) is 31.8 Å². The van der Waals surface area contributed by atoms with Gasteiger partial charge in [0, 0.05) is 43.8 Å². The van der Waals surface area contributed by atoms with E-state index in [1.165, 1.54) is 24.8 Å². The van der Waals surface area contributed by atoms with Crippen molar-refractivity contribution in [2.24, 2.45) is 23.5 Å². The molecule has 2 bridgehead atoms. The van der Waals surface area contributed by atoms with Crippen LogP contribution in [0.15, 0.2) is 24.3 Å². The summed E-state index contributed by atoms with van der Waals surface area (Å²) in [4.78, 5) is 17.4. The van der Waals surface area contributed by atoms with Gasteiger partial charge < -0.3 is 10.6 Å². The first-order valence-corrected chi connectivity index (χ1v) is 9.51. The number of hydrogen-bond acceptors (Lipinski definition) is 3. The van der Waals surface area contributed by atoms with Crippen molar-refractivity contribution >= 4 is 42.3 Å². The highest BCUT2D eigenvalue weighted by Gasteiger charge is 2.50. The molecule has 1 aliphatic heterocycles. The SMILES string of the molecule is Cl.Cl.NC1C2CCC(C2)C1C(=O)N1CCN(Cc2ccc(Cl)cc2)CC1. The van der Waals surface area contributed by atoms with Crippen LogP contribution in [0.1, 0.15) is 24.8 Å². The van der Waals surface area contributed by atoms with Gasteiger partial charge in [0.25, 0.3) is 0 Å². The summed E-state index contributed by atoms with van der Waals surface area (Å²) in [7, 11) is 0. The second kappa shape index (κ2) is 9.11. The fourth-order valence-electron chi connectivity index (χ4n) is 4.89. The van der Waals surface area contributed by atoms with Crippen molar-refractivity contribution < 1.29 is 4.79 Å². The molecule has 4 rings (SSSR count). The first-order chi connectivity index (χ1) is 11.6. The van der Waals surface area contributed by atoms with E-state index in [1.54, 1.807) is 0 Å². The van der Waals surface area contributed by atoms with Gasteiger partial charge in [-0.3, -0.25) is 9.69 Å². The van der Waals surface area contributed by atoms with Crippen LogP contribution in [0.3, 0.4) is 0 Å². The quantitative estimate of drug-likeness (QED) is 0.817. The molecule has 26 heavy (non-hydrogen) atoms. The molecule has 1 aromatic rings. The molecule has 3 aliphatic rings. The van der Waals surface area contributed by atoms with Crippen LogP contribution in [-0.2, 0) is 11.3 Å². The second-order valence-corrected chi connectivity index (χ2v) is 8.10. The molecule has 2 saturated carbocycles. The average Bonchev–Trinajstić information content (AvgIpc) is 3.18. The zero-order valence-electron chi connectivity index (χ0n) is 14.9. The van der Waals surface area contributed by atoms with Crippen LogP contribution in [0.25, 0.3) is 0 Å². The normalized spacial score (nSPS) is 30.6. The van der Waals surface area contributed by atoms with E-state index in [9.17, 15) is 4.79 Å². The van der Waals surface area contributed by atoms with Gasteiger partial charge in [-0.2, -0.15) is 0 Å². The third-order valence-electron chi connectivity index (χ3n) is 6.27. The lowest BCUT2D eigenvalue weighted by atomic mass is 9.84. The summed E-state index contributed by atoms with van der Waals surface area (Å²) in [5.41, 5.74) is 7.62. The van der Waals surface area contributed by atoms with Crippen LogP contribution in [-0.4, -0.2) is 47.9 Å². The molecule has 4 nitrogen and oxygen atoms in total. The lowest BCUT2D eigenvalue weighted by Crippen LogP contribution is -2.53. The molecule has 1 aromatic carbocycles. The van der Waals surface area contributed by atoms with Gasteiger partial charge in [0.1, 0.15) is 0 Å². The summed E-state index contributed by atoms with van der Waals surface area (Å²) >= 11 is 5.94. The number of hydrogen-bond donors (Lipinski definition) is 1. The molecule has 1 heterocycles. The van der Waals surface area contributed by atoms with E-state index in [4.69, 9.17) is 17.3 Å². The van der Waals surface area contributed by atoms with Gasteiger partial charge in [-0.05, 0) is 48.8 Å². The monoisotopic (exact) mass is 419 g/mol. The molecular formula is C19H28Cl3N3O. The van der Waals surface area contributed by atoms with E-state index >= 15 is 0 Å². The Morgan fingerprint density at radius 3 is 2.23 bits per heavy atom. The Bertz CT molecular complexity index is 603. The van der Waals surface area contributed by atoms with Crippen LogP contribution < -0.4 is 5.73 Å². The molecule has 3 fully saturated rings. The predicted molar refractivity (Wildman–Crippen MR) is 110 cm³/mol. The smallest absolute Gasteiger partial charge is 0.227 e. The van der Waals surface area contributed by atoms with E-state index in [1.807, 2.05) is 12.1 Å². The lowest BCUT2D eigenvalue weighted by Gasteiger charge is -2.38. The van der Waals surface area contributed by atoms with Crippen LogP contribution >= 0.6 is 36.4 Å². The highest BCUT2D eigenvalue weighted by atomic mass is 35.5. The number of nitrogens with two attached hydrogens (primary N) is 1. The summed E-state index contributed by atoms with van der Waals surface area (Å²) in [5, 5.41) is 0.774. The molecule has 4 unspecified atom stereocenters. The standard InChI is InChI=1S/C19H26ClN3O.2ClH/c20-16-5-1-13(2-6-16)12-22-7-9-23(10-8-22)19(24)17-14-3-4-15(11-14)18(17)21;;/h1-2,5-6,14-15,17-18H,3-4,7-12,21H2;2*1H. The first-order valence-electron chi connectivity index (χ1n) is 9.13. The minimum atomic E-state index is 0. The van der Waals surface area contributed by atoms with Crippen LogP contribution in [0.4, 0.5) is 0 Å². The van der Waals surface area contributed by atoms with E-state index in [0.29, 0.717) is 17.7 Å². The summed E-state index contributed by atoms with van der Waals surface area (Å²) in [6.07, 6.45) is 3.60. The van der Waals surface area contributed by atoms with E-state index in [2.05, 4.69) is 21.9 Å². The molecule has 1 amide bonds. The molecule has 0 spiro atoms. The molecule has 0 aromatic heterocycles. The maximum atomic E-state index is 12.9. The zero-order chi connectivity index (χ0) is 16.7. The van der Waals surface area contributed by atoms with Crippen molar-refractivity contribution in [2.75, 3.05) is 26.2 Å². The van der Waals surface area contributed by atoms with Gasteiger partial charge in [-0.25, -0.2) is 0 Å². The van der Waals surface area contributed by atoms with Crippen LogP contribution in [0.2, 0.25) is 5.02 Å². The highest BCUT2D eigenvalue weighted by Crippen LogP contribution is 2.48. The number of carbonyl (C=O) groups is 1. The molecule has 4 atom stereocenters. The Morgan fingerprint density at radius 2 is 1.65 bits per heavy atom. The molecule has 7 heteroatoms. The Kier molecular flexibility index (Phi) is 7.63. The topological polar surface area (TPSA) is 49.6 Å². The van der Waals surface area contributed by atoms with Gasteiger partial charge >= 0.3 is 0 Å². The van der Waals surface area contributed by atoms with Crippen LogP contribution in [0.5, 0.6) is 0 Å². The number of fused-ring (bicyclic) bond motifs is 2. The number of piperazine rings is 1. The maximum Gasteiger partial charge on any atom is 0.227 e. The average molecular weight is 421 g/mol. The van der Waals surface area contributed by atoms with E-state index in [-0.39, 0.29) is 36.8 Å². The van der Waals surface area contributed by atoms with Crippen molar-refractivity contribution in [1.29, 1.82) is 0 Å². The van der Waals surface area contributed by atoms with Crippen LogP contribution in [0, 0.1) is 17.8 Å². The number of halogens is 3. The third kappa shape index (κ3) is 4.31. The summed E-state index contributed by atoms with van der Waals surface area (Å²) in [6.45, 7) is 4.45. The van der Waals surface area contributed by atoms with Gasteiger partial charge in [-0.15, -0.1) is 24.8 Å². The summed E-state index contributed by atoms with van der Waals surface area (Å²) in [6, 6.07) is 8.13. The minimum Gasteiger partial charge on any atom is -0.340 e. The van der Waals surface area contributed by atoms with E-state index in [0.717, 1.165) is 37.7 Å². The largest absolute Gasteiger partial charge is 0.340 e. The minimum absolute atomic E-state index is 0. The van der Waals surface area contributed by atoms with Gasteiger partial charge in [0.05, 0.1) is 5.92 Å². The van der Waals surface area contributed by atoms with Crippen molar-refractivity contribution in [3.63, 3.8) is 0 Å². The number of carbonyl (C=O) groups excluding carboxylic acids is 1. The van der Waals surface area contributed by atoms with Gasteiger partial charge in [0.2, 0.25) is 5.91 Å². The zero-order valence-corrected chi connectivity index (χ0v) is 17.2. The molecule has 1 saturated heterocycles. The molecular weight excluding hydrogens is 393 g/mol. The lowest BCUT2D eigenvalue weighted by molar-refractivity contribution is -0.139. The highest BCUT2D eigenvalue weighted by molar-refractivity contribution is 6.30. The summed E-state index contributed by atoms with van der Waals surface area (Å²) < 4.78 is 0. The number of rotatable bonds is 3. The molecule has 2 N–H and O–H groups in total. The number of amides is 1. The Hall–Kier alpha value is -0.520. The Balaban J connectivity index is 0.00000121. The van der Waals surface area contributed by atoms with Crippen molar-refractivity contribution in [3.8, 4) is 0 Å². The number of nitrogens with zero attached hydrogens (tertiary/aromatic N) is 2. The van der Waals surface area contributed by atoms with Gasteiger partial charge in [0.15, 0.2) is 0 Å². The second-order valence-electron chi connectivity index (χ2n) is 7.66. The van der Waals surface area contributed by atoms with Gasteiger partial charge in [-0.1, -0.05) is 23.7 Å². The van der Waals surface area contributed by atoms with Crippen molar-refractivity contribution in [1.82, 2.24) is 9.80 Å². The fourth-order valence-corrected chi connectivity index (χ4v) is 5.01. The Labute approximate surface area is 173 Å². The predicted octanol–water partition coefficient (Wildman–Crippen LogP) is 3.20. The first kappa shape index (κ1) is 21.8. The third-order valence-corrected chi connectivity index (χ3v) is 6.52. The van der Waals surface area contributed by atoms with E-state index < -0.39 is 0 Å². The molecule has 0 radical (unpaired) electrons. The Morgan fingerprint density at radius 1 is 1.04 bits per heavy atom. The number of benzene rings is 1. The van der Waals surface area contributed by atoms with Crippen molar-refractivity contribution in [3.05, 3.63) is 34.9 Å². The fraction of sp³-hybridized carbons (Fsp3) is 0.632. The molecule has 146 valence electrons.